The van der Waals surface area contributed by atoms with Crippen LogP contribution in [0.1, 0.15) is 11.4 Å². The van der Waals surface area contributed by atoms with Crippen LogP contribution in [0.4, 0.5) is 13.2 Å². The molecule has 0 spiro atoms. The van der Waals surface area contributed by atoms with Gasteiger partial charge in [-0.2, -0.15) is 13.2 Å². The summed E-state index contributed by atoms with van der Waals surface area (Å²) < 4.78 is 42.7. The number of imidazole rings is 1. The molecule has 2 aromatic rings. The van der Waals surface area contributed by atoms with E-state index >= 15 is 0 Å². The van der Waals surface area contributed by atoms with Crippen LogP contribution in [0.2, 0.25) is 0 Å². The van der Waals surface area contributed by atoms with E-state index in [1.165, 1.54) is 0 Å². The maximum Gasteiger partial charge on any atom is 0.411 e. The van der Waals surface area contributed by atoms with Gasteiger partial charge in [-0.1, -0.05) is 6.07 Å². The standard InChI is InChI=1S/C15H20F3N3O2/c1-12-3-2-4-14-19-13(10-21(12)14)9-20(5-7-22)6-8-23-11-15(16,17)18/h2-4,10,22H,5-9,11H2,1H3. The molecule has 0 bridgehead atoms. The van der Waals surface area contributed by atoms with Crippen LogP contribution in [0, 0.1) is 6.92 Å². The number of nitrogens with zero attached hydrogens (tertiary/aromatic N) is 3. The number of aryl methyl sites for hydroxylation is 1. The lowest BCUT2D eigenvalue weighted by atomic mass is 10.3. The molecule has 0 aliphatic carbocycles. The van der Waals surface area contributed by atoms with Crippen molar-refractivity contribution in [3.05, 3.63) is 35.8 Å². The fraction of sp³-hybridized carbons (Fsp3) is 0.533. The summed E-state index contributed by atoms with van der Waals surface area (Å²) >= 11 is 0. The summed E-state index contributed by atoms with van der Waals surface area (Å²) in [5.74, 6) is 0. The Morgan fingerprint density at radius 3 is 2.74 bits per heavy atom. The monoisotopic (exact) mass is 331 g/mol. The minimum absolute atomic E-state index is 0.0497. The van der Waals surface area contributed by atoms with Gasteiger partial charge in [-0.15, -0.1) is 0 Å². The third-order valence-electron chi connectivity index (χ3n) is 3.37. The van der Waals surface area contributed by atoms with Gasteiger partial charge in [0.05, 0.1) is 18.9 Å². The van der Waals surface area contributed by atoms with Gasteiger partial charge in [0.15, 0.2) is 0 Å². The molecule has 128 valence electrons. The number of ether oxygens (including phenoxy) is 1. The number of hydrogen-bond acceptors (Lipinski definition) is 4. The molecule has 0 fully saturated rings. The number of hydrogen-bond donors (Lipinski definition) is 1. The molecule has 2 heterocycles. The van der Waals surface area contributed by atoms with Crippen molar-refractivity contribution < 1.29 is 23.0 Å². The number of aliphatic hydroxyl groups excluding tert-OH is 1. The van der Waals surface area contributed by atoms with E-state index in [-0.39, 0.29) is 13.2 Å². The third-order valence-corrected chi connectivity index (χ3v) is 3.37. The molecule has 0 saturated carbocycles. The molecule has 0 aliphatic rings. The Bertz CT molecular complexity index is 628. The molecular formula is C15H20F3N3O2. The van der Waals surface area contributed by atoms with Crippen molar-refractivity contribution in [1.29, 1.82) is 0 Å². The first-order valence-corrected chi connectivity index (χ1v) is 7.30. The Kier molecular flexibility index (Phi) is 5.97. The zero-order chi connectivity index (χ0) is 16.9. The van der Waals surface area contributed by atoms with Crippen molar-refractivity contribution in [2.24, 2.45) is 0 Å². The molecule has 0 amide bonds. The topological polar surface area (TPSA) is 50.0 Å². The number of alkyl halides is 3. The highest BCUT2D eigenvalue weighted by Gasteiger charge is 2.27. The van der Waals surface area contributed by atoms with Crippen molar-refractivity contribution in [2.75, 3.05) is 32.9 Å². The van der Waals surface area contributed by atoms with Crippen LogP contribution in [-0.2, 0) is 11.3 Å². The lowest BCUT2D eigenvalue weighted by Gasteiger charge is -2.20. The van der Waals surface area contributed by atoms with Crippen molar-refractivity contribution in [1.82, 2.24) is 14.3 Å². The van der Waals surface area contributed by atoms with Gasteiger partial charge in [0.1, 0.15) is 12.3 Å². The molecule has 0 saturated heterocycles. The molecule has 0 atom stereocenters. The average Bonchev–Trinajstić information content (AvgIpc) is 2.87. The van der Waals surface area contributed by atoms with Crippen LogP contribution in [0.25, 0.3) is 5.65 Å². The Labute approximate surface area is 132 Å². The van der Waals surface area contributed by atoms with E-state index in [9.17, 15) is 13.2 Å². The van der Waals surface area contributed by atoms with E-state index in [4.69, 9.17) is 5.11 Å². The van der Waals surface area contributed by atoms with E-state index in [0.29, 0.717) is 19.6 Å². The zero-order valence-electron chi connectivity index (χ0n) is 12.9. The molecule has 0 aliphatic heterocycles. The van der Waals surface area contributed by atoms with Crippen LogP contribution >= 0.6 is 0 Å². The van der Waals surface area contributed by atoms with E-state index in [2.05, 4.69) is 9.72 Å². The van der Waals surface area contributed by atoms with Crippen LogP contribution in [0.3, 0.4) is 0 Å². The summed E-state index contributed by atoms with van der Waals surface area (Å²) in [6.07, 6.45) is -2.42. The second kappa shape index (κ2) is 7.76. The molecule has 2 rings (SSSR count). The Morgan fingerprint density at radius 2 is 2.09 bits per heavy atom. The van der Waals surface area contributed by atoms with Gasteiger partial charge < -0.3 is 14.2 Å². The normalized spacial score (nSPS) is 12.4. The Morgan fingerprint density at radius 1 is 1.30 bits per heavy atom. The number of aromatic nitrogens is 2. The molecule has 2 aromatic heterocycles. The van der Waals surface area contributed by atoms with Crippen molar-refractivity contribution in [3.8, 4) is 0 Å². The summed E-state index contributed by atoms with van der Waals surface area (Å²) in [7, 11) is 0. The summed E-state index contributed by atoms with van der Waals surface area (Å²) in [5, 5.41) is 9.10. The molecule has 23 heavy (non-hydrogen) atoms. The molecule has 8 heteroatoms. The van der Waals surface area contributed by atoms with Crippen LogP contribution in [0.5, 0.6) is 0 Å². The minimum Gasteiger partial charge on any atom is -0.395 e. The predicted octanol–water partition coefficient (Wildman–Crippen LogP) is 2.02. The van der Waals surface area contributed by atoms with E-state index in [0.717, 1.165) is 17.0 Å². The first-order valence-electron chi connectivity index (χ1n) is 7.30. The molecule has 0 aromatic carbocycles. The summed E-state index contributed by atoms with van der Waals surface area (Å²) in [5.41, 5.74) is 2.66. The van der Waals surface area contributed by atoms with Gasteiger partial charge in [-0.25, -0.2) is 4.98 Å². The number of rotatable bonds is 8. The van der Waals surface area contributed by atoms with E-state index in [1.807, 2.05) is 40.6 Å². The lowest BCUT2D eigenvalue weighted by Crippen LogP contribution is -2.31. The smallest absolute Gasteiger partial charge is 0.395 e. The van der Waals surface area contributed by atoms with Crippen molar-refractivity contribution in [3.63, 3.8) is 0 Å². The zero-order valence-corrected chi connectivity index (χ0v) is 12.9. The van der Waals surface area contributed by atoms with Gasteiger partial charge in [-0.05, 0) is 19.1 Å². The first kappa shape index (κ1) is 17.7. The number of halogens is 3. The average molecular weight is 331 g/mol. The second-order valence-corrected chi connectivity index (χ2v) is 5.30. The van der Waals surface area contributed by atoms with E-state index < -0.39 is 12.8 Å². The van der Waals surface area contributed by atoms with Crippen molar-refractivity contribution >= 4 is 5.65 Å². The minimum atomic E-state index is -4.32. The summed E-state index contributed by atoms with van der Waals surface area (Å²) in [6, 6.07) is 5.77. The van der Waals surface area contributed by atoms with Crippen molar-refractivity contribution in [2.45, 2.75) is 19.6 Å². The molecule has 1 N–H and O–H groups in total. The van der Waals surface area contributed by atoms with Crippen LogP contribution in [0.15, 0.2) is 24.4 Å². The van der Waals surface area contributed by atoms with Crippen LogP contribution in [-0.4, -0.2) is 58.5 Å². The van der Waals surface area contributed by atoms with Gasteiger partial charge in [-0.3, -0.25) is 4.90 Å². The Hall–Kier alpha value is -1.64. The maximum atomic E-state index is 12.0. The van der Waals surface area contributed by atoms with Gasteiger partial charge >= 0.3 is 6.18 Å². The highest BCUT2D eigenvalue weighted by atomic mass is 19.4. The molecule has 0 radical (unpaired) electrons. The molecule has 5 nitrogen and oxygen atoms in total. The molecular weight excluding hydrogens is 311 g/mol. The number of fused-ring (bicyclic) bond motifs is 1. The lowest BCUT2D eigenvalue weighted by molar-refractivity contribution is -0.174. The number of pyridine rings is 1. The molecule has 0 unspecified atom stereocenters. The fourth-order valence-electron chi connectivity index (χ4n) is 2.30. The highest BCUT2D eigenvalue weighted by molar-refractivity contribution is 5.41. The third kappa shape index (κ3) is 5.49. The SMILES string of the molecule is Cc1cccc2nc(CN(CCO)CCOCC(F)(F)F)cn12. The van der Waals surface area contributed by atoms with Crippen LogP contribution < -0.4 is 0 Å². The summed E-state index contributed by atoms with van der Waals surface area (Å²) in [4.78, 5) is 6.29. The largest absolute Gasteiger partial charge is 0.411 e. The summed E-state index contributed by atoms with van der Waals surface area (Å²) in [6.45, 7) is 1.67. The van der Waals surface area contributed by atoms with Gasteiger partial charge in [0, 0.05) is 31.5 Å². The fourth-order valence-corrected chi connectivity index (χ4v) is 2.30. The number of aliphatic hydroxyl groups is 1. The van der Waals surface area contributed by atoms with E-state index in [1.54, 1.807) is 0 Å². The predicted molar refractivity (Wildman–Crippen MR) is 79.2 cm³/mol. The quantitative estimate of drug-likeness (QED) is 0.752. The highest BCUT2D eigenvalue weighted by Crippen LogP contribution is 2.14. The second-order valence-electron chi connectivity index (χ2n) is 5.30. The van der Waals surface area contributed by atoms with Gasteiger partial charge in [0.25, 0.3) is 0 Å². The van der Waals surface area contributed by atoms with Gasteiger partial charge in [0.2, 0.25) is 0 Å². The first-order chi connectivity index (χ1) is 10.9. The maximum absolute atomic E-state index is 12.0. The Balaban J connectivity index is 1.93.